The Hall–Kier alpha value is -1.26. The first-order valence-electron chi connectivity index (χ1n) is 8.91. The van der Waals surface area contributed by atoms with Crippen molar-refractivity contribution < 1.29 is 19.1 Å². The van der Waals surface area contributed by atoms with Crippen LogP contribution < -0.4 is 0 Å². The Kier molecular flexibility index (Phi) is 7.86. The van der Waals surface area contributed by atoms with Gasteiger partial charge in [-0.1, -0.05) is 40.5 Å². The van der Waals surface area contributed by atoms with Crippen LogP contribution in [-0.2, 0) is 14.3 Å². The zero-order valence-corrected chi connectivity index (χ0v) is 15.4. The highest BCUT2D eigenvalue weighted by Gasteiger charge is 2.32. The molecule has 1 amide bonds. The van der Waals surface area contributed by atoms with Gasteiger partial charge in [-0.05, 0) is 31.6 Å². The lowest BCUT2D eigenvalue weighted by molar-refractivity contribution is -0.148. The Bertz CT molecular complexity index is 389. The molecule has 1 heterocycles. The van der Waals surface area contributed by atoms with Gasteiger partial charge in [0.25, 0.3) is 0 Å². The fourth-order valence-electron chi connectivity index (χ4n) is 2.89. The highest BCUT2D eigenvalue weighted by atomic mass is 16.6. The highest BCUT2D eigenvalue weighted by Crippen LogP contribution is 2.27. The third-order valence-corrected chi connectivity index (χ3v) is 4.31. The molecule has 0 N–H and O–H groups in total. The zero-order valence-electron chi connectivity index (χ0n) is 15.4. The van der Waals surface area contributed by atoms with Crippen LogP contribution in [-0.4, -0.2) is 42.8 Å². The quantitative estimate of drug-likeness (QED) is 0.716. The first-order valence-corrected chi connectivity index (χ1v) is 8.91. The molecule has 1 saturated heterocycles. The summed E-state index contributed by atoms with van der Waals surface area (Å²) in [7, 11) is 0. The second kappa shape index (κ2) is 9.14. The number of hydrogen-bond donors (Lipinski definition) is 0. The van der Waals surface area contributed by atoms with E-state index in [2.05, 4.69) is 27.7 Å². The van der Waals surface area contributed by atoms with E-state index < -0.39 is 0 Å². The van der Waals surface area contributed by atoms with Crippen molar-refractivity contribution >= 4 is 12.1 Å². The van der Waals surface area contributed by atoms with Crippen molar-refractivity contribution in [3.05, 3.63) is 0 Å². The van der Waals surface area contributed by atoms with Gasteiger partial charge in [0.2, 0.25) is 0 Å². The van der Waals surface area contributed by atoms with E-state index >= 15 is 0 Å². The Morgan fingerprint density at radius 2 is 1.91 bits per heavy atom. The van der Waals surface area contributed by atoms with Crippen LogP contribution in [0.5, 0.6) is 0 Å². The lowest BCUT2D eigenvalue weighted by Crippen LogP contribution is -2.41. The van der Waals surface area contributed by atoms with Crippen molar-refractivity contribution in [2.24, 2.45) is 11.3 Å². The van der Waals surface area contributed by atoms with Gasteiger partial charge < -0.3 is 14.4 Å². The lowest BCUT2D eigenvalue weighted by atomic mass is 9.86. The fraction of sp³-hybridized carbons (Fsp3) is 0.889. The van der Waals surface area contributed by atoms with E-state index in [-0.39, 0.29) is 29.5 Å². The van der Waals surface area contributed by atoms with Gasteiger partial charge in [0.1, 0.15) is 6.10 Å². The van der Waals surface area contributed by atoms with Gasteiger partial charge in [0.05, 0.1) is 12.5 Å². The molecule has 5 heteroatoms. The summed E-state index contributed by atoms with van der Waals surface area (Å²) in [6.45, 7) is 11.6. The highest BCUT2D eigenvalue weighted by molar-refractivity contribution is 5.74. The molecule has 23 heavy (non-hydrogen) atoms. The van der Waals surface area contributed by atoms with E-state index in [0.717, 1.165) is 32.1 Å². The summed E-state index contributed by atoms with van der Waals surface area (Å²) in [5.74, 6) is -0.433. The molecular formula is C18H33NO4. The molecule has 2 atom stereocenters. The van der Waals surface area contributed by atoms with Crippen LogP contribution in [0.15, 0.2) is 0 Å². The zero-order chi connectivity index (χ0) is 17.5. The number of likely N-dealkylation sites (tertiary alicyclic amines) is 1. The predicted molar refractivity (Wildman–Crippen MR) is 90.2 cm³/mol. The molecule has 0 aromatic heterocycles. The van der Waals surface area contributed by atoms with E-state index in [9.17, 15) is 9.59 Å². The van der Waals surface area contributed by atoms with Crippen molar-refractivity contribution in [3.63, 3.8) is 0 Å². The minimum atomic E-state index is -0.297. The number of carbonyl (C=O) groups excluding carboxylic acids is 2. The molecule has 0 saturated carbocycles. The molecule has 0 aromatic rings. The average molecular weight is 327 g/mol. The van der Waals surface area contributed by atoms with Crippen LogP contribution in [0.4, 0.5) is 4.79 Å². The van der Waals surface area contributed by atoms with Crippen LogP contribution in [0.1, 0.15) is 66.7 Å². The smallest absolute Gasteiger partial charge is 0.410 e. The molecule has 0 spiro atoms. The molecule has 134 valence electrons. The minimum Gasteiger partial charge on any atom is -0.466 e. The Balaban J connectivity index is 2.70. The van der Waals surface area contributed by atoms with Crippen LogP contribution in [0, 0.1) is 11.3 Å². The third kappa shape index (κ3) is 6.40. The molecule has 0 aromatic carbocycles. The van der Waals surface area contributed by atoms with Crippen molar-refractivity contribution in [3.8, 4) is 0 Å². The van der Waals surface area contributed by atoms with E-state index in [1.807, 2.05) is 0 Å². The molecule has 0 aliphatic carbocycles. The number of amides is 1. The lowest BCUT2D eigenvalue weighted by Gasteiger charge is -2.32. The number of carbonyl (C=O) groups is 2. The molecular weight excluding hydrogens is 294 g/mol. The molecule has 1 aliphatic heterocycles. The van der Waals surface area contributed by atoms with Gasteiger partial charge in [-0.2, -0.15) is 0 Å². The number of ether oxygens (including phenoxy) is 2. The molecule has 1 rings (SSSR count). The summed E-state index contributed by atoms with van der Waals surface area (Å²) in [6.07, 6.45) is 4.04. The molecule has 2 unspecified atom stereocenters. The second-order valence-corrected chi connectivity index (χ2v) is 7.42. The van der Waals surface area contributed by atoms with Gasteiger partial charge in [-0.3, -0.25) is 4.79 Å². The van der Waals surface area contributed by atoms with E-state index in [1.165, 1.54) is 0 Å². The first kappa shape index (κ1) is 19.8. The Morgan fingerprint density at radius 1 is 1.22 bits per heavy atom. The summed E-state index contributed by atoms with van der Waals surface area (Å²) < 4.78 is 10.9. The van der Waals surface area contributed by atoms with Crippen LogP contribution in [0.3, 0.4) is 0 Å². The maximum absolute atomic E-state index is 12.6. The second-order valence-electron chi connectivity index (χ2n) is 7.42. The van der Waals surface area contributed by atoms with E-state index in [0.29, 0.717) is 19.7 Å². The van der Waals surface area contributed by atoms with Crippen LogP contribution in [0.2, 0.25) is 0 Å². The van der Waals surface area contributed by atoms with Gasteiger partial charge in [-0.15, -0.1) is 0 Å². The standard InChI is InChI=1S/C18H33NO4/c1-6-10-15(18(3,4)5)23-17(21)19-12-9-8-11-14(13-19)16(20)22-7-2/h14-15H,6-13H2,1-5H3. The molecule has 1 aliphatic rings. The normalized spacial score (nSPS) is 20.6. The summed E-state index contributed by atoms with van der Waals surface area (Å²) in [4.78, 5) is 26.2. The molecule has 1 fully saturated rings. The van der Waals surface area contributed by atoms with Crippen LogP contribution in [0.25, 0.3) is 0 Å². The number of nitrogens with zero attached hydrogens (tertiary/aromatic N) is 1. The summed E-state index contributed by atoms with van der Waals surface area (Å²) in [5, 5.41) is 0. The van der Waals surface area contributed by atoms with Gasteiger partial charge in [0, 0.05) is 13.1 Å². The van der Waals surface area contributed by atoms with Gasteiger partial charge >= 0.3 is 12.1 Å². The maximum Gasteiger partial charge on any atom is 0.410 e. The number of rotatable bonds is 5. The number of hydrogen-bond acceptors (Lipinski definition) is 4. The molecule has 0 radical (unpaired) electrons. The Morgan fingerprint density at radius 3 is 2.48 bits per heavy atom. The summed E-state index contributed by atoms with van der Waals surface area (Å²) in [5.41, 5.74) is -0.0853. The summed E-state index contributed by atoms with van der Waals surface area (Å²) >= 11 is 0. The molecule has 0 bridgehead atoms. The van der Waals surface area contributed by atoms with Crippen molar-refractivity contribution in [2.75, 3.05) is 19.7 Å². The van der Waals surface area contributed by atoms with Crippen molar-refractivity contribution in [2.45, 2.75) is 72.8 Å². The first-order chi connectivity index (χ1) is 10.8. The number of esters is 1. The molecule has 5 nitrogen and oxygen atoms in total. The Labute approximate surface area is 140 Å². The predicted octanol–water partition coefficient (Wildman–Crippen LogP) is 4.00. The van der Waals surface area contributed by atoms with E-state index in [1.54, 1.807) is 11.8 Å². The van der Waals surface area contributed by atoms with Crippen molar-refractivity contribution in [1.29, 1.82) is 0 Å². The monoisotopic (exact) mass is 327 g/mol. The maximum atomic E-state index is 12.6. The van der Waals surface area contributed by atoms with Gasteiger partial charge in [-0.25, -0.2) is 4.79 Å². The SMILES string of the molecule is CCCC(OC(=O)N1CCCCC(C(=O)OCC)C1)C(C)(C)C. The largest absolute Gasteiger partial charge is 0.466 e. The van der Waals surface area contributed by atoms with Crippen LogP contribution >= 0.6 is 0 Å². The minimum absolute atomic E-state index is 0.0853. The average Bonchev–Trinajstić information content (AvgIpc) is 2.72. The van der Waals surface area contributed by atoms with E-state index in [4.69, 9.17) is 9.47 Å². The summed E-state index contributed by atoms with van der Waals surface area (Å²) in [6, 6.07) is 0. The third-order valence-electron chi connectivity index (χ3n) is 4.31. The van der Waals surface area contributed by atoms with Gasteiger partial charge in [0.15, 0.2) is 0 Å². The fourth-order valence-corrected chi connectivity index (χ4v) is 2.89. The van der Waals surface area contributed by atoms with Crippen molar-refractivity contribution in [1.82, 2.24) is 4.90 Å². The topological polar surface area (TPSA) is 55.8 Å².